The summed E-state index contributed by atoms with van der Waals surface area (Å²) >= 11 is 0. The van der Waals surface area contributed by atoms with Crippen molar-refractivity contribution in [2.75, 3.05) is 4.72 Å². The summed E-state index contributed by atoms with van der Waals surface area (Å²) in [7, 11) is -2.15. The molecule has 0 aliphatic carbocycles. The van der Waals surface area contributed by atoms with Gasteiger partial charge >= 0.3 is 0 Å². The highest BCUT2D eigenvalue weighted by molar-refractivity contribution is 7.92. The van der Waals surface area contributed by atoms with Crippen LogP contribution in [0.2, 0.25) is 0 Å². The number of anilines is 1. The van der Waals surface area contributed by atoms with Crippen LogP contribution in [0.1, 0.15) is 11.1 Å². The topological polar surface area (TPSA) is 87.8 Å². The molecule has 0 spiro atoms. The van der Waals surface area contributed by atoms with E-state index in [1.807, 2.05) is 13.0 Å². The molecule has 0 amide bonds. The molecule has 1 aromatic heterocycles. The SMILES string of the molecule is Cc1ccc(S(=O)(=O)Nc2c(C#N)cnn2C)cc1. The molecule has 0 atom stereocenters. The second-order valence-electron chi connectivity index (χ2n) is 4.06. The van der Waals surface area contributed by atoms with Crippen molar-refractivity contribution in [3.8, 4) is 6.07 Å². The number of rotatable bonds is 3. The first-order valence-electron chi connectivity index (χ1n) is 5.45. The Bertz CT molecular complexity index is 739. The zero-order valence-corrected chi connectivity index (χ0v) is 11.3. The maximum Gasteiger partial charge on any atom is 0.263 e. The third kappa shape index (κ3) is 2.58. The molecular formula is C12H12N4O2S. The molecular weight excluding hydrogens is 264 g/mol. The second kappa shape index (κ2) is 4.74. The Hall–Kier alpha value is -2.33. The van der Waals surface area contributed by atoms with Gasteiger partial charge in [0.05, 0.1) is 11.1 Å². The number of hydrogen-bond acceptors (Lipinski definition) is 4. The predicted octanol–water partition coefficient (Wildman–Crippen LogP) is 1.40. The average Bonchev–Trinajstić information content (AvgIpc) is 2.70. The Morgan fingerprint density at radius 1 is 1.32 bits per heavy atom. The molecule has 1 aromatic carbocycles. The van der Waals surface area contributed by atoms with Crippen LogP contribution in [0.4, 0.5) is 5.82 Å². The molecule has 6 nitrogen and oxygen atoms in total. The van der Waals surface area contributed by atoms with Crippen LogP contribution in [0.5, 0.6) is 0 Å². The maximum absolute atomic E-state index is 12.2. The number of nitriles is 1. The van der Waals surface area contributed by atoms with Crippen LogP contribution >= 0.6 is 0 Å². The number of sulfonamides is 1. The van der Waals surface area contributed by atoms with Crippen molar-refractivity contribution in [3.63, 3.8) is 0 Å². The molecule has 0 fully saturated rings. The van der Waals surface area contributed by atoms with E-state index in [-0.39, 0.29) is 16.3 Å². The Balaban J connectivity index is 2.39. The quantitative estimate of drug-likeness (QED) is 0.917. The van der Waals surface area contributed by atoms with Crippen LogP contribution in [-0.2, 0) is 17.1 Å². The first-order valence-corrected chi connectivity index (χ1v) is 6.94. The van der Waals surface area contributed by atoms with Crippen molar-refractivity contribution in [2.45, 2.75) is 11.8 Å². The molecule has 0 saturated heterocycles. The number of benzene rings is 1. The summed E-state index contributed by atoms with van der Waals surface area (Å²) in [6.07, 6.45) is 1.31. The molecule has 7 heteroatoms. The van der Waals surface area contributed by atoms with Crippen LogP contribution in [0.15, 0.2) is 35.4 Å². The van der Waals surface area contributed by atoms with Crippen LogP contribution in [0.3, 0.4) is 0 Å². The van der Waals surface area contributed by atoms with Crippen molar-refractivity contribution in [1.29, 1.82) is 5.26 Å². The number of aromatic nitrogens is 2. The zero-order chi connectivity index (χ0) is 14.0. The van der Waals surface area contributed by atoms with Gasteiger partial charge in [0.1, 0.15) is 11.6 Å². The van der Waals surface area contributed by atoms with Gasteiger partial charge in [0.2, 0.25) is 0 Å². The number of hydrogen-bond donors (Lipinski definition) is 1. The zero-order valence-electron chi connectivity index (χ0n) is 10.5. The smallest absolute Gasteiger partial charge is 0.262 e. The Morgan fingerprint density at radius 3 is 2.53 bits per heavy atom. The lowest BCUT2D eigenvalue weighted by Gasteiger charge is -2.08. The lowest BCUT2D eigenvalue weighted by atomic mass is 10.2. The minimum Gasteiger partial charge on any atom is -0.262 e. The van der Waals surface area contributed by atoms with Gasteiger partial charge in [-0.05, 0) is 19.1 Å². The fourth-order valence-corrected chi connectivity index (χ4v) is 2.65. The standard InChI is InChI=1S/C12H12N4O2S/c1-9-3-5-11(6-4-9)19(17,18)15-12-10(7-13)8-14-16(12)2/h3-6,8,15H,1-2H3. The summed E-state index contributed by atoms with van der Waals surface area (Å²) in [4.78, 5) is 0.142. The number of nitrogens with zero attached hydrogens (tertiary/aromatic N) is 3. The average molecular weight is 276 g/mol. The summed E-state index contributed by atoms with van der Waals surface area (Å²) in [6.45, 7) is 1.87. The van der Waals surface area contributed by atoms with E-state index in [4.69, 9.17) is 5.26 Å². The molecule has 0 saturated carbocycles. The van der Waals surface area contributed by atoms with Gasteiger partial charge in [0.15, 0.2) is 5.82 Å². The highest BCUT2D eigenvalue weighted by Gasteiger charge is 2.18. The van der Waals surface area contributed by atoms with E-state index in [0.29, 0.717) is 0 Å². The lowest BCUT2D eigenvalue weighted by molar-refractivity contribution is 0.600. The van der Waals surface area contributed by atoms with Gasteiger partial charge in [-0.25, -0.2) is 8.42 Å². The van der Waals surface area contributed by atoms with Crippen LogP contribution < -0.4 is 4.72 Å². The van der Waals surface area contributed by atoms with Gasteiger partial charge in [0.25, 0.3) is 10.0 Å². The molecule has 1 heterocycles. The van der Waals surface area contributed by atoms with Crippen molar-refractivity contribution in [2.24, 2.45) is 7.05 Å². The Kier molecular flexibility index (Phi) is 3.27. The highest BCUT2D eigenvalue weighted by Crippen LogP contribution is 2.19. The monoisotopic (exact) mass is 276 g/mol. The van der Waals surface area contributed by atoms with Crippen LogP contribution in [0, 0.1) is 18.3 Å². The van der Waals surface area contributed by atoms with Gasteiger partial charge in [-0.1, -0.05) is 17.7 Å². The molecule has 1 N–H and O–H groups in total. The van der Waals surface area contributed by atoms with E-state index >= 15 is 0 Å². The van der Waals surface area contributed by atoms with Gasteiger partial charge in [-0.3, -0.25) is 9.40 Å². The minimum atomic E-state index is -3.72. The molecule has 0 bridgehead atoms. The van der Waals surface area contributed by atoms with Gasteiger partial charge < -0.3 is 0 Å². The number of nitrogens with one attached hydrogen (secondary N) is 1. The van der Waals surface area contributed by atoms with E-state index in [1.54, 1.807) is 19.2 Å². The molecule has 98 valence electrons. The summed E-state index contributed by atoms with van der Waals surface area (Å²) in [5, 5.41) is 12.7. The normalized spacial score (nSPS) is 11.0. The Labute approximate surface area is 111 Å². The largest absolute Gasteiger partial charge is 0.263 e. The Morgan fingerprint density at radius 2 is 1.95 bits per heavy atom. The molecule has 0 unspecified atom stereocenters. The fourth-order valence-electron chi connectivity index (χ4n) is 1.54. The van der Waals surface area contributed by atoms with Gasteiger partial charge in [-0.2, -0.15) is 10.4 Å². The third-order valence-electron chi connectivity index (χ3n) is 2.62. The van der Waals surface area contributed by atoms with Crippen molar-refractivity contribution < 1.29 is 8.42 Å². The first kappa shape index (κ1) is 13.1. The second-order valence-corrected chi connectivity index (χ2v) is 5.74. The fraction of sp³-hybridized carbons (Fsp3) is 0.167. The molecule has 2 aromatic rings. The molecule has 0 aliphatic heterocycles. The van der Waals surface area contributed by atoms with Gasteiger partial charge in [0, 0.05) is 7.05 Å². The molecule has 2 rings (SSSR count). The highest BCUT2D eigenvalue weighted by atomic mass is 32.2. The lowest BCUT2D eigenvalue weighted by Crippen LogP contribution is -2.16. The van der Waals surface area contributed by atoms with E-state index in [9.17, 15) is 8.42 Å². The van der Waals surface area contributed by atoms with Crippen molar-refractivity contribution in [3.05, 3.63) is 41.6 Å². The summed E-state index contributed by atoms with van der Waals surface area (Å²) in [5.74, 6) is 0.156. The van der Waals surface area contributed by atoms with Crippen molar-refractivity contribution >= 4 is 15.8 Å². The van der Waals surface area contributed by atoms with E-state index in [2.05, 4.69) is 9.82 Å². The van der Waals surface area contributed by atoms with E-state index < -0.39 is 10.0 Å². The maximum atomic E-state index is 12.2. The molecule has 0 aliphatic rings. The summed E-state index contributed by atoms with van der Waals surface area (Å²) in [5.41, 5.74) is 1.15. The summed E-state index contributed by atoms with van der Waals surface area (Å²) in [6, 6.07) is 8.34. The molecule has 19 heavy (non-hydrogen) atoms. The van der Waals surface area contributed by atoms with Crippen LogP contribution in [0.25, 0.3) is 0 Å². The van der Waals surface area contributed by atoms with E-state index in [1.165, 1.54) is 23.0 Å². The van der Waals surface area contributed by atoms with E-state index in [0.717, 1.165) is 5.56 Å². The van der Waals surface area contributed by atoms with Gasteiger partial charge in [-0.15, -0.1) is 0 Å². The molecule has 0 radical (unpaired) electrons. The number of aryl methyl sites for hydroxylation is 2. The van der Waals surface area contributed by atoms with Crippen molar-refractivity contribution in [1.82, 2.24) is 9.78 Å². The first-order chi connectivity index (χ1) is 8.94. The minimum absolute atomic E-state index is 0.142. The summed E-state index contributed by atoms with van der Waals surface area (Å²) < 4.78 is 28.0. The van der Waals surface area contributed by atoms with Crippen LogP contribution in [-0.4, -0.2) is 18.2 Å². The predicted molar refractivity (Wildman–Crippen MR) is 69.9 cm³/mol. The third-order valence-corrected chi connectivity index (χ3v) is 3.98.